The number of nitrogens with zero attached hydrogens (tertiary/aromatic N) is 1. The highest BCUT2D eigenvalue weighted by atomic mass is 79.9. The van der Waals surface area contributed by atoms with E-state index in [1.807, 2.05) is 24.3 Å². The molecule has 0 saturated carbocycles. The molecule has 1 aliphatic rings. The van der Waals surface area contributed by atoms with E-state index in [0.29, 0.717) is 6.54 Å². The monoisotopic (exact) mass is 332 g/mol. The van der Waals surface area contributed by atoms with E-state index in [0.717, 1.165) is 10.2 Å². The third-order valence-corrected chi connectivity index (χ3v) is 4.28. The molecule has 1 aromatic carbocycles. The first-order valence-electron chi connectivity index (χ1n) is 5.41. The Hall–Kier alpha value is -0.920. The topological polar surface area (TPSA) is 80.5 Å². The molecule has 0 spiro atoms. The zero-order valence-corrected chi connectivity index (χ0v) is 11.9. The Kier molecular flexibility index (Phi) is 3.74. The Morgan fingerprint density at radius 1 is 1.33 bits per heavy atom. The molecular formula is C11H13BrN2O3S. The molecule has 18 heavy (non-hydrogen) atoms. The van der Waals surface area contributed by atoms with Crippen molar-refractivity contribution in [3.05, 3.63) is 28.7 Å². The maximum absolute atomic E-state index is 11.8. The summed E-state index contributed by atoms with van der Waals surface area (Å²) in [6, 6.07) is 7.33. The number of benzene rings is 1. The van der Waals surface area contributed by atoms with Gasteiger partial charge in [0.1, 0.15) is 0 Å². The lowest BCUT2D eigenvalue weighted by molar-refractivity contribution is -0.117. The van der Waals surface area contributed by atoms with Gasteiger partial charge in [-0.2, -0.15) is 0 Å². The maximum atomic E-state index is 11.8. The van der Waals surface area contributed by atoms with Gasteiger partial charge in [-0.15, -0.1) is 0 Å². The van der Waals surface area contributed by atoms with Crippen LogP contribution in [0.15, 0.2) is 28.7 Å². The average Bonchev–Trinajstić information content (AvgIpc) is 2.58. The van der Waals surface area contributed by atoms with Gasteiger partial charge in [0.2, 0.25) is 15.9 Å². The number of carbonyl (C=O) groups is 1. The summed E-state index contributed by atoms with van der Waals surface area (Å²) in [6.45, 7) is 0.400. The minimum atomic E-state index is -3.53. The van der Waals surface area contributed by atoms with Crippen LogP contribution in [0.3, 0.4) is 0 Å². The van der Waals surface area contributed by atoms with Gasteiger partial charge in [0, 0.05) is 29.0 Å². The highest BCUT2D eigenvalue weighted by molar-refractivity contribution is 9.10. The fourth-order valence-corrected chi connectivity index (χ4v) is 3.24. The van der Waals surface area contributed by atoms with E-state index in [1.165, 1.54) is 0 Å². The van der Waals surface area contributed by atoms with Crippen LogP contribution in [0.5, 0.6) is 0 Å². The Morgan fingerprint density at radius 3 is 2.50 bits per heavy atom. The van der Waals surface area contributed by atoms with Crippen molar-refractivity contribution in [1.29, 1.82) is 0 Å². The molecule has 2 rings (SSSR count). The van der Waals surface area contributed by atoms with Crippen molar-refractivity contribution in [1.82, 2.24) is 0 Å². The van der Waals surface area contributed by atoms with Gasteiger partial charge in [0.25, 0.3) is 0 Å². The third-order valence-electron chi connectivity index (χ3n) is 2.81. The maximum Gasteiger partial charge on any atom is 0.227 e. The van der Waals surface area contributed by atoms with Crippen LogP contribution in [-0.2, 0) is 14.8 Å². The first kappa shape index (κ1) is 13.5. The highest BCUT2D eigenvalue weighted by Gasteiger charge is 2.32. The molecule has 1 amide bonds. The van der Waals surface area contributed by atoms with E-state index in [9.17, 15) is 13.2 Å². The van der Waals surface area contributed by atoms with Crippen LogP contribution in [0.2, 0.25) is 0 Å². The molecule has 0 aliphatic carbocycles. The van der Waals surface area contributed by atoms with Crippen molar-refractivity contribution in [2.45, 2.75) is 6.42 Å². The number of nitrogens with two attached hydrogens (primary N) is 1. The molecule has 0 bridgehead atoms. The molecule has 1 atom stereocenters. The van der Waals surface area contributed by atoms with E-state index in [2.05, 4.69) is 15.9 Å². The molecule has 1 saturated heterocycles. The second kappa shape index (κ2) is 4.99. The molecule has 1 aliphatic heterocycles. The second-order valence-corrected chi connectivity index (χ2v) is 6.96. The number of sulfonamides is 1. The van der Waals surface area contributed by atoms with Crippen LogP contribution < -0.4 is 10.0 Å². The fraction of sp³-hybridized carbons (Fsp3) is 0.364. The molecule has 98 valence electrons. The molecule has 7 heteroatoms. The standard InChI is InChI=1S/C11H13BrN2O3S/c12-9-1-3-10(4-2-9)14-6-8(5-11(14)15)7-18(13,16)17/h1-4,8H,5-7H2,(H2,13,16,17). The fourth-order valence-electron chi connectivity index (χ4n) is 2.09. The first-order valence-corrected chi connectivity index (χ1v) is 7.92. The van der Waals surface area contributed by atoms with E-state index in [4.69, 9.17) is 5.14 Å². The smallest absolute Gasteiger partial charge is 0.227 e. The minimum absolute atomic E-state index is 0.0639. The average molecular weight is 333 g/mol. The van der Waals surface area contributed by atoms with Crippen LogP contribution in [0, 0.1) is 5.92 Å². The Bertz CT molecular complexity index is 556. The normalized spacial score (nSPS) is 20.4. The molecule has 0 aromatic heterocycles. The predicted octanol–water partition coefficient (Wildman–Crippen LogP) is 1.09. The lowest BCUT2D eigenvalue weighted by atomic mass is 10.1. The Morgan fingerprint density at radius 2 is 1.94 bits per heavy atom. The van der Waals surface area contributed by atoms with Gasteiger partial charge < -0.3 is 4.90 Å². The summed E-state index contributed by atoms with van der Waals surface area (Å²) in [4.78, 5) is 13.4. The molecule has 1 unspecified atom stereocenters. The van der Waals surface area contributed by atoms with Crippen LogP contribution >= 0.6 is 15.9 Å². The number of halogens is 1. The molecule has 0 radical (unpaired) electrons. The minimum Gasteiger partial charge on any atom is -0.312 e. The summed E-state index contributed by atoms with van der Waals surface area (Å²) >= 11 is 3.32. The lowest BCUT2D eigenvalue weighted by Gasteiger charge is -2.16. The highest BCUT2D eigenvalue weighted by Crippen LogP contribution is 2.26. The van der Waals surface area contributed by atoms with Crippen molar-refractivity contribution in [3.8, 4) is 0 Å². The summed E-state index contributed by atoms with van der Waals surface area (Å²) in [6.07, 6.45) is 0.229. The molecule has 1 aromatic rings. The number of amides is 1. The number of anilines is 1. The predicted molar refractivity (Wildman–Crippen MR) is 72.6 cm³/mol. The van der Waals surface area contributed by atoms with Gasteiger partial charge in [-0.3, -0.25) is 4.79 Å². The van der Waals surface area contributed by atoms with Crippen LogP contribution in [0.25, 0.3) is 0 Å². The first-order chi connectivity index (χ1) is 8.35. The van der Waals surface area contributed by atoms with Gasteiger partial charge in [0.15, 0.2) is 0 Å². The summed E-state index contributed by atoms with van der Waals surface area (Å²) in [5, 5.41) is 5.00. The second-order valence-electron chi connectivity index (χ2n) is 4.38. The van der Waals surface area contributed by atoms with Crippen LogP contribution in [0.4, 0.5) is 5.69 Å². The van der Waals surface area contributed by atoms with E-state index in [-0.39, 0.29) is 24.0 Å². The van der Waals surface area contributed by atoms with Crippen molar-refractivity contribution in [2.24, 2.45) is 11.1 Å². The van der Waals surface area contributed by atoms with Crippen LogP contribution in [0.1, 0.15) is 6.42 Å². The van der Waals surface area contributed by atoms with Gasteiger partial charge in [-0.25, -0.2) is 13.6 Å². The summed E-state index contributed by atoms with van der Waals surface area (Å²) in [7, 11) is -3.53. The molecule has 1 heterocycles. The molecule has 5 nitrogen and oxygen atoms in total. The lowest BCUT2D eigenvalue weighted by Crippen LogP contribution is -2.27. The SMILES string of the molecule is NS(=O)(=O)CC1CC(=O)N(c2ccc(Br)cc2)C1. The molecule has 1 fully saturated rings. The van der Waals surface area contributed by atoms with E-state index in [1.54, 1.807) is 4.90 Å². The van der Waals surface area contributed by atoms with Crippen molar-refractivity contribution >= 4 is 37.5 Å². The van der Waals surface area contributed by atoms with E-state index >= 15 is 0 Å². The zero-order valence-electron chi connectivity index (χ0n) is 9.54. The molecular weight excluding hydrogens is 320 g/mol. The number of hydrogen-bond acceptors (Lipinski definition) is 3. The summed E-state index contributed by atoms with van der Waals surface area (Å²) in [5.74, 6) is -0.437. The van der Waals surface area contributed by atoms with Crippen LogP contribution in [-0.4, -0.2) is 26.6 Å². The Labute approximate surface area is 114 Å². The van der Waals surface area contributed by atoms with Gasteiger partial charge in [0.05, 0.1) is 5.75 Å². The van der Waals surface area contributed by atoms with E-state index < -0.39 is 10.0 Å². The Balaban J connectivity index is 2.12. The summed E-state index contributed by atoms with van der Waals surface area (Å²) < 4.78 is 23.0. The number of hydrogen-bond donors (Lipinski definition) is 1. The van der Waals surface area contributed by atoms with Gasteiger partial charge in [-0.05, 0) is 24.3 Å². The molecule has 2 N–H and O–H groups in total. The number of carbonyl (C=O) groups excluding carboxylic acids is 1. The third kappa shape index (κ3) is 3.30. The van der Waals surface area contributed by atoms with Gasteiger partial charge >= 0.3 is 0 Å². The number of rotatable bonds is 3. The van der Waals surface area contributed by atoms with Crippen molar-refractivity contribution < 1.29 is 13.2 Å². The summed E-state index contributed by atoms with van der Waals surface area (Å²) in [5.41, 5.74) is 0.778. The zero-order chi connectivity index (χ0) is 13.3. The van der Waals surface area contributed by atoms with Gasteiger partial charge in [-0.1, -0.05) is 15.9 Å². The van der Waals surface area contributed by atoms with Crippen molar-refractivity contribution in [2.75, 3.05) is 17.2 Å². The largest absolute Gasteiger partial charge is 0.312 e. The van der Waals surface area contributed by atoms with Crippen molar-refractivity contribution in [3.63, 3.8) is 0 Å². The quantitative estimate of drug-likeness (QED) is 0.899. The number of primary sulfonamides is 1.